The number of anilines is 3. The lowest BCUT2D eigenvalue weighted by Gasteiger charge is -2.13. The van der Waals surface area contributed by atoms with Crippen LogP contribution in [0.2, 0.25) is 0 Å². The number of nitrogens with two attached hydrogens (primary N) is 1. The second kappa shape index (κ2) is 8.22. The van der Waals surface area contributed by atoms with Crippen molar-refractivity contribution in [3.8, 4) is 11.4 Å². The Kier molecular flexibility index (Phi) is 5.15. The molecule has 4 rings (SSSR count). The van der Waals surface area contributed by atoms with Gasteiger partial charge < -0.3 is 16.4 Å². The standard InChI is InChI=1S/C21H19N7O/c22-20(29)17-12-24-19(10-18(17)23-11-14-4-2-1-3-5-14)27-16-8-6-15(7-9-16)21-25-13-26-28-21/h1-10,12-13H,11H2,(H2,22,29)(H2,23,24,27)(H,25,26,28). The van der Waals surface area contributed by atoms with Gasteiger partial charge >= 0.3 is 0 Å². The Hall–Kier alpha value is -4.20. The molecule has 2 aromatic carbocycles. The van der Waals surface area contributed by atoms with Crippen LogP contribution in [-0.2, 0) is 6.54 Å². The molecule has 2 heterocycles. The zero-order valence-corrected chi connectivity index (χ0v) is 15.5. The van der Waals surface area contributed by atoms with Gasteiger partial charge in [0.1, 0.15) is 12.1 Å². The van der Waals surface area contributed by atoms with Gasteiger partial charge in [0.2, 0.25) is 0 Å². The van der Waals surface area contributed by atoms with Crippen LogP contribution in [0.4, 0.5) is 17.2 Å². The van der Waals surface area contributed by atoms with Crippen LogP contribution in [0.15, 0.2) is 73.2 Å². The monoisotopic (exact) mass is 385 g/mol. The first-order valence-electron chi connectivity index (χ1n) is 8.99. The maximum Gasteiger partial charge on any atom is 0.252 e. The lowest BCUT2D eigenvalue weighted by molar-refractivity contribution is 0.100. The van der Waals surface area contributed by atoms with E-state index in [0.29, 0.717) is 29.4 Å². The molecule has 29 heavy (non-hydrogen) atoms. The Morgan fingerprint density at radius 3 is 2.52 bits per heavy atom. The van der Waals surface area contributed by atoms with E-state index in [1.54, 1.807) is 6.07 Å². The highest BCUT2D eigenvalue weighted by Gasteiger charge is 2.11. The second-order valence-corrected chi connectivity index (χ2v) is 6.35. The number of nitrogens with one attached hydrogen (secondary N) is 3. The minimum atomic E-state index is -0.531. The van der Waals surface area contributed by atoms with Gasteiger partial charge in [0.25, 0.3) is 5.91 Å². The van der Waals surface area contributed by atoms with E-state index in [0.717, 1.165) is 16.8 Å². The van der Waals surface area contributed by atoms with E-state index in [2.05, 4.69) is 30.8 Å². The summed E-state index contributed by atoms with van der Waals surface area (Å²) in [5.74, 6) is 0.766. The van der Waals surface area contributed by atoms with Gasteiger partial charge in [0.15, 0.2) is 5.82 Å². The molecule has 4 aromatic rings. The molecule has 0 saturated heterocycles. The first kappa shape index (κ1) is 18.2. The third-order valence-electron chi connectivity index (χ3n) is 4.34. The lowest BCUT2D eigenvalue weighted by Crippen LogP contribution is -2.15. The highest BCUT2D eigenvalue weighted by Crippen LogP contribution is 2.24. The fraction of sp³-hybridized carbons (Fsp3) is 0.0476. The fourth-order valence-corrected chi connectivity index (χ4v) is 2.86. The van der Waals surface area contributed by atoms with Gasteiger partial charge in [-0.2, -0.15) is 5.10 Å². The molecule has 144 valence electrons. The Balaban J connectivity index is 1.52. The minimum Gasteiger partial charge on any atom is -0.380 e. The summed E-state index contributed by atoms with van der Waals surface area (Å²) in [6.45, 7) is 0.566. The van der Waals surface area contributed by atoms with Crippen LogP contribution in [-0.4, -0.2) is 26.1 Å². The van der Waals surface area contributed by atoms with Crippen LogP contribution in [0.1, 0.15) is 15.9 Å². The van der Waals surface area contributed by atoms with Crippen LogP contribution in [0.5, 0.6) is 0 Å². The fourth-order valence-electron chi connectivity index (χ4n) is 2.86. The molecule has 0 saturated carbocycles. The van der Waals surface area contributed by atoms with Crippen LogP contribution in [0, 0.1) is 0 Å². The van der Waals surface area contributed by atoms with Crippen molar-refractivity contribution in [2.75, 3.05) is 10.6 Å². The van der Waals surface area contributed by atoms with Crippen molar-refractivity contribution in [3.63, 3.8) is 0 Å². The van der Waals surface area contributed by atoms with Gasteiger partial charge in [0, 0.05) is 30.1 Å². The first-order valence-corrected chi connectivity index (χ1v) is 8.99. The van der Waals surface area contributed by atoms with Crippen molar-refractivity contribution >= 4 is 23.1 Å². The zero-order chi connectivity index (χ0) is 20.1. The highest BCUT2D eigenvalue weighted by molar-refractivity contribution is 5.98. The predicted molar refractivity (Wildman–Crippen MR) is 112 cm³/mol. The molecule has 2 aromatic heterocycles. The molecule has 8 heteroatoms. The smallest absolute Gasteiger partial charge is 0.252 e. The number of primary amides is 1. The number of pyridine rings is 1. The minimum absolute atomic E-state index is 0.340. The number of hydrogen-bond acceptors (Lipinski definition) is 6. The van der Waals surface area contributed by atoms with Gasteiger partial charge in [-0.3, -0.25) is 9.89 Å². The topological polar surface area (TPSA) is 122 Å². The van der Waals surface area contributed by atoms with E-state index < -0.39 is 5.91 Å². The van der Waals surface area contributed by atoms with Gasteiger partial charge in [-0.15, -0.1) is 0 Å². The van der Waals surface area contributed by atoms with Crippen LogP contribution in [0.3, 0.4) is 0 Å². The average Bonchev–Trinajstić information content (AvgIpc) is 3.28. The molecule has 0 aliphatic carbocycles. The van der Waals surface area contributed by atoms with E-state index >= 15 is 0 Å². The van der Waals surface area contributed by atoms with Crippen molar-refractivity contribution in [1.82, 2.24) is 20.2 Å². The number of nitrogens with zero attached hydrogens (tertiary/aromatic N) is 3. The Bertz CT molecular complexity index is 1090. The Morgan fingerprint density at radius 2 is 1.83 bits per heavy atom. The van der Waals surface area contributed by atoms with Crippen molar-refractivity contribution in [2.24, 2.45) is 5.73 Å². The maximum absolute atomic E-state index is 11.8. The maximum atomic E-state index is 11.8. The van der Waals surface area contributed by atoms with E-state index in [1.165, 1.54) is 12.5 Å². The van der Waals surface area contributed by atoms with E-state index in [1.807, 2.05) is 54.6 Å². The molecule has 0 fully saturated rings. The molecule has 0 atom stereocenters. The average molecular weight is 385 g/mol. The number of aromatic nitrogens is 4. The number of carbonyl (C=O) groups excluding carboxylic acids is 1. The van der Waals surface area contributed by atoms with Crippen molar-refractivity contribution in [2.45, 2.75) is 6.54 Å². The van der Waals surface area contributed by atoms with Gasteiger partial charge in [-0.1, -0.05) is 30.3 Å². The number of amides is 1. The van der Waals surface area contributed by atoms with E-state index in [9.17, 15) is 4.79 Å². The SMILES string of the molecule is NC(=O)c1cnc(Nc2ccc(-c3ncn[nH]3)cc2)cc1NCc1ccccc1. The molecule has 0 spiro atoms. The molecule has 1 amide bonds. The lowest BCUT2D eigenvalue weighted by atomic mass is 10.1. The summed E-state index contributed by atoms with van der Waals surface area (Å²) in [6, 6.07) is 19.4. The number of aromatic amines is 1. The van der Waals surface area contributed by atoms with Crippen molar-refractivity contribution < 1.29 is 4.79 Å². The normalized spacial score (nSPS) is 10.5. The predicted octanol–water partition coefficient (Wildman–Crippen LogP) is 3.32. The van der Waals surface area contributed by atoms with Crippen LogP contribution >= 0.6 is 0 Å². The molecule has 0 aliphatic rings. The van der Waals surface area contributed by atoms with E-state index in [-0.39, 0.29) is 0 Å². The van der Waals surface area contributed by atoms with Gasteiger partial charge in [0.05, 0.1) is 11.3 Å². The quantitative estimate of drug-likeness (QED) is 0.387. The number of benzene rings is 2. The Labute approximate surface area is 167 Å². The number of hydrogen-bond donors (Lipinski definition) is 4. The van der Waals surface area contributed by atoms with Gasteiger partial charge in [-0.05, 0) is 29.8 Å². The summed E-state index contributed by atoms with van der Waals surface area (Å²) in [7, 11) is 0. The molecule has 0 aliphatic heterocycles. The van der Waals surface area contributed by atoms with E-state index in [4.69, 9.17) is 5.73 Å². The molecular formula is C21H19N7O. The summed E-state index contributed by atoms with van der Waals surface area (Å²) in [4.78, 5) is 20.2. The summed E-state index contributed by atoms with van der Waals surface area (Å²) >= 11 is 0. The number of rotatable bonds is 7. The summed E-state index contributed by atoms with van der Waals surface area (Å²) in [5.41, 5.74) is 9.33. The zero-order valence-electron chi connectivity index (χ0n) is 15.5. The number of H-pyrrole nitrogens is 1. The molecule has 8 nitrogen and oxygen atoms in total. The second-order valence-electron chi connectivity index (χ2n) is 6.35. The molecule has 5 N–H and O–H groups in total. The largest absolute Gasteiger partial charge is 0.380 e. The summed E-state index contributed by atoms with van der Waals surface area (Å²) in [5, 5.41) is 13.2. The third kappa shape index (κ3) is 4.38. The molecular weight excluding hydrogens is 366 g/mol. The third-order valence-corrected chi connectivity index (χ3v) is 4.34. The first-order chi connectivity index (χ1) is 14.2. The Morgan fingerprint density at radius 1 is 1.03 bits per heavy atom. The van der Waals surface area contributed by atoms with Crippen LogP contribution in [0.25, 0.3) is 11.4 Å². The molecule has 0 radical (unpaired) electrons. The van der Waals surface area contributed by atoms with Gasteiger partial charge in [-0.25, -0.2) is 9.97 Å². The number of carbonyl (C=O) groups is 1. The molecule has 0 bridgehead atoms. The summed E-state index contributed by atoms with van der Waals surface area (Å²) < 4.78 is 0. The molecule has 0 unspecified atom stereocenters. The summed E-state index contributed by atoms with van der Waals surface area (Å²) in [6.07, 6.45) is 2.94. The van der Waals surface area contributed by atoms with Crippen molar-refractivity contribution in [1.29, 1.82) is 0 Å². The van der Waals surface area contributed by atoms with Crippen LogP contribution < -0.4 is 16.4 Å². The highest BCUT2D eigenvalue weighted by atomic mass is 16.1. The van der Waals surface area contributed by atoms with Crippen molar-refractivity contribution in [3.05, 3.63) is 84.3 Å².